The van der Waals surface area contributed by atoms with E-state index in [1.807, 2.05) is 6.92 Å². The zero-order valence-corrected chi connectivity index (χ0v) is 15.2. The second-order valence-corrected chi connectivity index (χ2v) is 9.50. The second-order valence-electron chi connectivity index (χ2n) is 6.06. The number of thiophene rings is 1. The average molecular weight is 345 g/mol. The van der Waals surface area contributed by atoms with E-state index in [2.05, 4.69) is 25.2 Å². The van der Waals surface area contributed by atoms with Crippen LogP contribution in [0, 0.1) is 19.8 Å². The molecule has 0 unspecified atom stereocenters. The summed E-state index contributed by atoms with van der Waals surface area (Å²) in [6, 6.07) is 2.06. The zero-order chi connectivity index (χ0) is 16.5. The van der Waals surface area contributed by atoms with Crippen LogP contribution in [0.5, 0.6) is 0 Å². The lowest BCUT2D eigenvalue weighted by molar-refractivity contribution is -0.126. The third kappa shape index (κ3) is 4.08. The number of nitrogens with zero attached hydrogens (tertiary/aromatic N) is 1. The third-order valence-electron chi connectivity index (χ3n) is 4.13. The Morgan fingerprint density at radius 1 is 1.45 bits per heavy atom. The minimum atomic E-state index is -3.22. The fourth-order valence-corrected chi connectivity index (χ4v) is 4.88. The van der Waals surface area contributed by atoms with Crippen LogP contribution in [0.3, 0.4) is 0 Å². The minimum Gasteiger partial charge on any atom is -0.349 e. The number of amides is 1. The molecule has 0 spiro atoms. The van der Waals surface area contributed by atoms with E-state index in [0.29, 0.717) is 13.1 Å². The molecule has 0 radical (unpaired) electrons. The number of hydrogen-bond donors (Lipinski definition) is 1. The van der Waals surface area contributed by atoms with Crippen LogP contribution in [0.25, 0.3) is 0 Å². The molecule has 22 heavy (non-hydrogen) atoms. The fourth-order valence-electron chi connectivity index (χ4n) is 2.95. The highest BCUT2D eigenvalue weighted by molar-refractivity contribution is 7.88. The Morgan fingerprint density at radius 2 is 2.14 bits per heavy atom. The number of nitrogens with one attached hydrogen (secondary N) is 1. The standard InChI is InChI=1S/C15H24N2O3S2/c1-10-8-14(12(3)21-10)11(2)16-15(18)13-6-5-7-17(9-13)22(4,19)20/h8,11,13H,5-7,9H2,1-4H3,(H,16,18)/t11-,13+/m1/s1. The lowest BCUT2D eigenvalue weighted by Crippen LogP contribution is -2.45. The topological polar surface area (TPSA) is 66.5 Å². The SMILES string of the molecule is Cc1cc([C@@H](C)NC(=O)[C@H]2CCCN(S(C)(=O)=O)C2)c(C)s1. The quantitative estimate of drug-likeness (QED) is 0.911. The summed E-state index contributed by atoms with van der Waals surface area (Å²) in [6.07, 6.45) is 2.68. The molecule has 5 nitrogen and oxygen atoms in total. The van der Waals surface area contributed by atoms with Gasteiger partial charge in [-0.25, -0.2) is 12.7 Å². The first-order valence-electron chi connectivity index (χ1n) is 7.51. The van der Waals surface area contributed by atoms with Crippen LogP contribution in [0.2, 0.25) is 0 Å². The maximum atomic E-state index is 12.4. The summed E-state index contributed by atoms with van der Waals surface area (Å²) in [6.45, 7) is 6.89. The molecule has 1 aliphatic rings. The van der Waals surface area contributed by atoms with E-state index in [1.165, 1.54) is 20.3 Å². The van der Waals surface area contributed by atoms with Crippen LogP contribution in [-0.2, 0) is 14.8 Å². The van der Waals surface area contributed by atoms with E-state index >= 15 is 0 Å². The van der Waals surface area contributed by atoms with Gasteiger partial charge in [0.1, 0.15) is 0 Å². The largest absolute Gasteiger partial charge is 0.349 e. The van der Waals surface area contributed by atoms with Crippen molar-refractivity contribution in [2.45, 2.75) is 39.7 Å². The first-order chi connectivity index (χ1) is 10.2. The molecule has 1 aromatic heterocycles. The molecule has 0 aliphatic carbocycles. The molecule has 2 rings (SSSR count). The Hall–Kier alpha value is -0.920. The van der Waals surface area contributed by atoms with Gasteiger partial charge in [-0.3, -0.25) is 4.79 Å². The van der Waals surface area contributed by atoms with Crippen LogP contribution < -0.4 is 5.32 Å². The van der Waals surface area contributed by atoms with Gasteiger partial charge < -0.3 is 5.32 Å². The summed E-state index contributed by atoms with van der Waals surface area (Å²) >= 11 is 1.73. The highest BCUT2D eigenvalue weighted by Gasteiger charge is 2.30. The Morgan fingerprint density at radius 3 is 2.68 bits per heavy atom. The van der Waals surface area contributed by atoms with Crippen molar-refractivity contribution in [2.24, 2.45) is 5.92 Å². The Bertz CT molecular complexity index is 652. The minimum absolute atomic E-state index is 0.0499. The Labute approximate surface area is 136 Å². The number of carbonyl (C=O) groups excluding carboxylic acids is 1. The van der Waals surface area contributed by atoms with Gasteiger partial charge in [0.05, 0.1) is 18.2 Å². The third-order valence-corrected chi connectivity index (χ3v) is 6.38. The highest BCUT2D eigenvalue weighted by Crippen LogP contribution is 2.27. The molecule has 2 atom stereocenters. The molecule has 0 bridgehead atoms. The van der Waals surface area contributed by atoms with Crippen LogP contribution in [0.1, 0.15) is 41.1 Å². The fraction of sp³-hybridized carbons (Fsp3) is 0.667. The lowest BCUT2D eigenvalue weighted by atomic mass is 9.98. The average Bonchev–Trinajstić information content (AvgIpc) is 2.77. The van der Waals surface area contributed by atoms with Crippen LogP contribution in [0.4, 0.5) is 0 Å². The van der Waals surface area contributed by atoms with Gasteiger partial charge in [-0.2, -0.15) is 0 Å². The van der Waals surface area contributed by atoms with E-state index in [1.54, 1.807) is 11.3 Å². The van der Waals surface area contributed by atoms with Gasteiger partial charge in [0.25, 0.3) is 0 Å². The summed E-state index contributed by atoms with van der Waals surface area (Å²) in [4.78, 5) is 14.9. The van der Waals surface area contributed by atoms with E-state index in [-0.39, 0.29) is 17.9 Å². The smallest absolute Gasteiger partial charge is 0.224 e. The van der Waals surface area contributed by atoms with Crippen LogP contribution in [0.15, 0.2) is 6.07 Å². The van der Waals surface area contributed by atoms with Gasteiger partial charge in [0.15, 0.2) is 0 Å². The van der Waals surface area contributed by atoms with Crippen LogP contribution in [-0.4, -0.2) is 38.0 Å². The molecule has 0 aromatic carbocycles. The summed E-state index contributed by atoms with van der Waals surface area (Å²) in [7, 11) is -3.22. The van der Waals surface area contributed by atoms with Crippen LogP contribution >= 0.6 is 11.3 Å². The number of sulfonamides is 1. The molecule has 7 heteroatoms. The molecule has 124 valence electrons. The van der Waals surface area contributed by atoms with Crippen molar-refractivity contribution in [1.29, 1.82) is 0 Å². The molecule has 1 fully saturated rings. The molecule has 2 heterocycles. The first kappa shape index (κ1) is 17.4. The van der Waals surface area contributed by atoms with Crippen molar-refractivity contribution < 1.29 is 13.2 Å². The molecule has 1 N–H and O–H groups in total. The van der Waals surface area contributed by atoms with Crippen molar-refractivity contribution in [3.05, 3.63) is 21.4 Å². The van der Waals surface area contributed by atoms with Gasteiger partial charge in [0.2, 0.25) is 15.9 Å². The van der Waals surface area contributed by atoms with Gasteiger partial charge in [-0.05, 0) is 45.2 Å². The van der Waals surface area contributed by atoms with Gasteiger partial charge in [-0.1, -0.05) is 0 Å². The lowest BCUT2D eigenvalue weighted by Gasteiger charge is -2.30. The Kier molecular flexibility index (Phi) is 5.29. The maximum Gasteiger partial charge on any atom is 0.224 e. The summed E-state index contributed by atoms with van der Waals surface area (Å²) in [5.41, 5.74) is 1.15. The second kappa shape index (κ2) is 6.68. The molecule has 1 aliphatic heterocycles. The molecule has 1 amide bonds. The predicted octanol–water partition coefficient (Wildman–Crippen LogP) is 2.21. The van der Waals surface area contributed by atoms with Crippen molar-refractivity contribution in [3.63, 3.8) is 0 Å². The molecule has 0 saturated carbocycles. The van der Waals surface area contributed by atoms with E-state index in [0.717, 1.165) is 18.4 Å². The molecular formula is C15H24N2O3S2. The summed E-state index contributed by atoms with van der Waals surface area (Å²) < 4.78 is 24.7. The van der Waals surface area contributed by atoms with Crippen molar-refractivity contribution >= 4 is 27.3 Å². The number of piperidine rings is 1. The maximum absolute atomic E-state index is 12.4. The van der Waals surface area contributed by atoms with E-state index in [9.17, 15) is 13.2 Å². The summed E-state index contributed by atoms with van der Waals surface area (Å²) in [5.74, 6) is -0.310. The predicted molar refractivity (Wildman–Crippen MR) is 89.5 cm³/mol. The molecule has 1 saturated heterocycles. The van der Waals surface area contributed by atoms with Gasteiger partial charge >= 0.3 is 0 Å². The normalized spacial score (nSPS) is 21.5. The number of rotatable bonds is 4. The molecular weight excluding hydrogens is 320 g/mol. The molecule has 1 aromatic rings. The van der Waals surface area contributed by atoms with E-state index in [4.69, 9.17) is 0 Å². The number of aryl methyl sites for hydroxylation is 2. The first-order valence-corrected chi connectivity index (χ1v) is 10.2. The van der Waals surface area contributed by atoms with Crippen molar-refractivity contribution in [1.82, 2.24) is 9.62 Å². The Balaban J connectivity index is 2.01. The van der Waals surface area contributed by atoms with Crippen molar-refractivity contribution in [3.8, 4) is 0 Å². The summed E-state index contributed by atoms with van der Waals surface area (Å²) in [5, 5.41) is 3.04. The van der Waals surface area contributed by atoms with Gasteiger partial charge in [0, 0.05) is 22.8 Å². The monoisotopic (exact) mass is 344 g/mol. The van der Waals surface area contributed by atoms with Crippen molar-refractivity contribution in [2.75, 3.05) is 19.3 Å². The number of hydrogen-bond acceptors (Lipinski definition) is 4. The zero-order valence-electron chi connectivity index (χ0n) is 13.5. The van der Waals surface area contributed by atoms with Gasteiger partial charge in [-0.15, -0.1) is 11.3 Å². The highest BCUT2D eigenvalue weighted by atomic mass is 32.2. The number of carbonyl (C=O) groups is 1. The van der Waals surface area contributed by atoms with E-state index < -0.39 is 10.0 Å².